The van der Waals surface area contributed by atoms with E-state index in [4.69, 9.17) is 19.4 Å². The monoisotopic (exact) mass is 611 g/mol. The number of nitrogens with one attached hydrogen (secondary N) is 1. The van der Waals surface area contributed by atoms with Crippen molar-refractivity contribution in [1.29, 1.82) is 0 Å². The van der Waals surface area contributed by atoms with Crippen molar-refractivity contribution in [3.63, 3.8) is 0 Å². The number of aryl methyl sites for hydroxylation is 1. The van der Waals surface area contributed by atoms with Crippen LogP contribution in [0.4, 0.5) is 11.5 Å². The van der Waals surface area contributed by atoms with E-state index in [0.717, 1.165) is 68.7 Å². The van der Waals surface area contributed by atoms with Crippen LogP contribution in [0.15, 0.2) is 54.7 Å². The number of hydrogen-bond acceptors (Lipinski definition) is 9. The summed E-state index contributed by atoms with van der Waals surface area (Å²) in [7, 11) is 7.08. The van der Waals surface area contributed by atoms with Crippen LogP contribution >= 0.6 is 0 Å². The molecular weight excluding hydrogens is 570 g/mol. The number of piperidine rings is 1. The van der Waals surface area contributed by atoms with Crippen LogP contribution in [0.2, 0.25) is 0 Å². The molecule has 4 heterocycles. The first kappa shape index (κ1) is 30.5. The number of carbonyl (C=O) groups is 2. The molecule has 0 atom stereocenters. The summed E-state index contributed by atoms with van der Waals surface area (Å²) < 4.78 is 12.7. The number of rotatable bonds is 8. The number of fused-ring (bicyclic) bond motifs is 1. The minimum Gasteiger partial charge on any atom is -0.496 e. The van der Waals surface area contributed by atoms with Crippen molar-refractivity contribution in [3.05, 3.63) is 77.2 Å². The molecule has 45 heavy (non-hydrogen) atoms. The summed E-state index contributed by atoms with van der Waals surface area (Å²) in [6.45, 7) is 5.95. The van der Waals surface area contributed by atoms with Gasteiger partial charge in [0.15, 0.2) is 5.82 Å². The van der Waals surface area contributed by atoms with E-state index in [1.165, 1.54) is 7.11 Å². The van der Waals surface area contributed by atoms with Crippen LogP contribution in [0.25, 0.3) is 11.0 Å². The zero-order chi connectivity index (χ0) is 31.5. The van der Waals surface area contributed by atoms with Gasteiger partial charge in [-0.15, -0.1) is 0 Å². The number of hydrogen-bond donors (Lipinski definition) is 1. The lowest BCUT2D eigenvalue weighted by atomic mass is 10.0. The number of para-hydroxylation sites is 1. The average Bonchev–Trinajstić information content (AvgIpc) is 3.45. The third-order valence-corrected chi connectivity index (χ3v) is 9.04. The van der Waals surface area contributed by atoms with Crippen LogP contribution in [0.1, 0.15) is 44.9 Å². The first-order chi connectivity index (χ1) is 21.8. The number of anilines is 2. The molecule has 2 aliphatic heterocycles. The molecule has 0 aliphatic carbocycles. The van der Waals surface area contributed by atoms with E-state index in [-0.39, 0.29) is 5.91 Å². The molecule has 2 saturated heterocycles. The second-order valence-corrected chi connectivity index (χ2v) is 11.9. The van der Waals surface area contributed by atoms with Gasteiger partial charge in [0.05, 0.1) is 31.0 Å². The van der Waals surface area contributed by atoms with Crippen molar-refractivity contribution in [3.8, 4) is 5.75 Å². The molecule has 2 aliphatic rings. The van der Waals surface area contributed by atoms with E-state index in [1.54, 1.807) is 19.2 Å². The van der Waals surface area contributed by atoms with Gasteiger partial charge in [-0.1, -0.05) is 18.2 Å². The largest absolute Gasteiger partial charge is 0.496 e. The Morgan fingerprint density at radius 2 is 1.69 bits per heavy atom. The van der Waals surface area contributed by atoms with E-state index in [9.17, 15) is 9.59 Å². The second-order valence-electron chi connectivity index (χ2n) is 11.9. The first-order valence-corrected chi connectivity index (χ1v) is 15.5. The van der Waals surface area contributed by atoms with Crippen molar-refractivity contribution in [1.82, 2.24) is 29.2 Å². The standard InChI is InChI=1S/C34H41N7O4/c1-38-17-19-40(20-18-38)25-11-15-41(16-12-25)33(42)24-10-9-23(29(21-24)44-3)22-30-35-28-13-14-39(2)31(28)32(37-30)36-27-8-6-5-7-26(27)34(43)45-4/h5-10,13-14,21,25H,11-12,15-20,22H2,1-4H3,(H,35,36,37). The molecule has 0 unspecified atom stereocenters. The lowest BCUT2D eigenvalue weighted by molar-refractivity contribution is 0.0518. The molecule has 0 bridgehead atoms. The molecule has 2 aromatic carbocycles. The number of ether oxygens (including phenoxy) is 2. The summed E-state index contributed by atoms with van der Waals surface area (Å²) in [6.07, 6.45) is 4.33. The maximum absolute atomic E-state index is 13.5. The Balaban J connectivity index is 1.19. The molecule has 2 aromatic heterocycles. The van der Waals surface area contributed by atoms with Crippen LogP contribution in [-0.2, 0) is 18.2 Å². The maximum Gasteiger partial charge on any atom is 0.339 e. The minimum atomic E-state index is -0.436. The molecule has 1 amide bonds. The molecule has 11 heteroatoms. The van der Waals surface area contributed by atoms with E-state index >= 15 is 0 Å². The third-order valence-electron chi connectivity index (χ3n) is 9.04. The Labute approximate surface area is 263 Å². The van der Waals surface area contributed by atoms with Gasteiger partial charge in [-0.2, -0.15) is 0 Å². The molecule has 11 nitrogen and oxygen atoms in total. The Bertz CT molecular complexity index is 1690. The van der Waals surface area contributed by atoms with Gasteiger partial charge in [0.2, 0.25) is 0 Å². The minimum absolute atomic E-state index is 0.0365. The summed E-state index contributed by atoms with van der Waals surface area (Å²) in [4.78, 5) is 42.5. The highest BCUT2D eigenvalue weighted by Crippen LogP contribution is 2.29. The van der Waals surface area contributed by atoms with Crippen LogP contribution < -0.4 is 10.1 Å². The second kappa shape index (κ2) is 13.3. The Hall–Kier alpha value is -4.48. The number of benzene rings is 2. The molecule has 0 saturated carbocycles. The summed E-state index contributed by atoms with van der Waals surface area (Å²) >= 11 is 0. The predicted octanol–water partition coefficient (Wildman–Crippen LogP) is 3.95. The fraction of sp³-hybridized carbons (Fsp3) is 0.412. The molecule has 4 aromatic rings. The number of esters is 1. The lowest BCUT2D eigenvalue weighted by Crippen LogP contribution is -2.52. The molecule has 0 radical (unpaired) electrons. The quantitative estimate of drug-likeness (QED) is 0.297. The molecule has 6 rings (SSSR count). The topological polar surface area (TPSA) is 105 Å². The van der Waals surface area contributed by atoms with Crippen molar-refractivity contribution in [2.45, 2.75) is 25.3 Å². The van der Waals surface area contributed by atoms with Crippen LogP contribution in [0.5, 0.6) is 5.75 Å². The predicted molar refractivity (Wildman–Crippen MR) is 173 cm³/mol. The van der Waals surface area contributed by atoms with E-state index < -0.39 is 5.97 Å². The number of carbonyl (C=O) groups excluding carboxylic acids is 2. The van der Waals surface area contributed by atoms with Gasteiger partial charge in [0.1, 0.15) is 17.1 Å². The maximum atomic E-state index is 13.5. The highest BCUT2D eigenvalue weighted by atomic mass is 16.5. The fourth-order valence-electron chi connectivity index (χ4n) is 6.41. The number of likely N-dealkylation sites (N-methyl/N-ethyl adjacent to an activating group) is 1. The Kier molecular flexibility index (Phi) is 8.99. The average molecular weight is 612 g/mol. The van der Waals surface area contributed by atoms with Crippen molar-refractivity contribution in [2.24, 2.45) is 7.05 Å². The zero-order valence-electron chi connectivity index (χ0n) is 26.5. The molecule has 1 N–H and O–H groups in total. The molecule has 236 valence electrons. The number of piperazine rings is 1. The number of likely N-dealkylation sites (tertiary alicyclic amines) is 1. The SMILES string of the molecule is COC(=O)c1ccccc1Nc1nc(Cc2ccc(C(=O)N3CCC(N4CCN(C)CC4)CC3)cc2OC)nc2ccn(C)c12. The van der Waals surface area contributed by atoms with Crippen molar-refractivity contribution in [2.75, 3.05) is 65.9 Å². The molecular formula is C34H41N7O4. The summed E-state index contributed by atoms with van der Waals surface area (Å²) in [5.74, 6) is 1.37. The molecule has 2 fully saturated rings. The summed E-state index contributed by atoms with van der Waals surface area (Å²) in [5.41, 5.74) is 4.07. The van der Waals surface area contributed by atoms with Gasteiger partial charge in [0.25, 0.3) is 5.91 Å². The van der Waals surface area contributed by atoms with Gasteiger partial charge in [-0.3, -0.25) is 9.69 Å². The first-order valence-electron chi connectivity index (χ1n) is 15.5. The van der Waals surface area contributed by atoms with Crippen LogP contribution in [0.3, 0.4) is 0 Å². The van der Waals surface area contributed by atoms with Gasteiger partial charge in [-0.25, -0.2) is 14.8 Å². The van der Waals surface area contributed by atoms with Crippen LogP contribution in [-0.4, -0.2) is 108 Å². The van der Waals surface area contributed by atoms with Crippen molar-refractivity contribution < 1.29 is 19.1 Å². The van der Waals surface area contributed by atoms with Gasteiger partial charge in [-0.05, 0) is 50.2 Å². The number of amides is 1. The van der Waals surface area contributed by atoms with Crippen LogP contribution in [0, 0.1) is 0 Å². The number of aromatic nitrogens is 3. The Morgan fingerprint density at radius 1 is 0.933 bits per heavy atom. The molecule has 0 spiro atoms. The van der Waals surface area contributed by atoms with E-state index in [2.05, 4.69) is 22.2 Å². The van der Waals surface area contributed by atoms with Crippen molar-refractivity contribution >= 4 is 34.4 Å². The normalized spacial score (nSPS) is 16.6. The summed E-state index contributed by atoms with van der Waals surface area (Å²) in [6, 6.07) is 15.3. The Morgan fingerprint density at radius 3 is 2.42 bits per heavy atom. The van der Waals surface area contributed by atoms with Gasteiger partial charge < -0.3 is 29.2 Å². The highest BCUT2D eigenvalue weighted by Gasteiger charge is 2.29. The fourth-order valence-corrected chi connectivity index (χ4v) is 6.41. The van der Waals surface area contributed by atoms with Gasteiger partial charge in [0, 0.05) is 76.1 Å². The smallest absolute Gasteiger partial charge is 0.339 e. The van der Waals surface area contributed by atoms with E-state index in [1.807, 2.05) is 59.1 Å². The summed E-state index contributed by atoms with van der Waals surface area (Å²) in [5, 5.41) is 3.34. The van der Waals surface area contributed by atoms with E-state index in [0.29, 0.717) is 46.7 Å². The number of nitrogens with zero attached hydrogens (tertiary/aromatic N) is 6. The highest BCUT2D eigenvalue weighted by molar-refractivity contribution is 5.98. The lowest BCUT2D eigenvalue weighted by Gasteiger charge is -2.42. The van der Waals surface area contributed by atoms with Gasteiger partial charge >= 0.3 is 5.97 Å². The third kappa shape index (κ3) is 6.50. The number of methoxy groups -OCH3 is 2. The zero-order valence-corrected chi connectivity index (χ0v) is 26.5.